The molecule has 0 heterocycles. The van der Waals surface area contributed by atoms with Crippen molar-refractivity contribution in [3.63, 3.8) is 0 Å². The third-order valence-electron chi connectivity index (χ3n) is 1.21. The summed E-state index contributed by atoms with van der Waals surface area (Å²) < 4.78 is 36.7. The number of hydrogen-bond acceptors (Lipinski definition) is 0. The first-order valence-corrected chi connectivity index (χ1v) is 4.32. The van der Waals surface area contributed by atoms with E-state index in [4.69, 9.17) is 0 Å². The van der Waals surface area contributed by atoms with Crippen molar-refractivity contribution in [1.29, 1.82) is 0 Å². The van der Waals surface area contributed by atoms with Gasteiger partial charge in [0.05, 0.1) is 0 Å². The molecular weight excluding hydrogens is 260 g/mol. The van der Waals surface area contributed by atoms with E-state index in [0.717, 1.165) is 38.2 Å². The van der Waals surface area contributed by atoms with Gasteiger partial charge in [-0.3, -0.25) is 0 Å². The Hall–Kier alpha value is -0.191. The summed E-state index contributed by atoms with van der Waals surface area (Å²) in [5, 5.41) is 0. The van der Waals surface area contributed by atoms with E-state index in [1.807, 2.05) is 0 Å². The van der Waals surface area contributed by atoms with Gasteiger partial charge in [0.25, 0.3) is 0 Å². The molecule has 0 aliphatic heterocycles. The van der Waals surface area contributed by atoms with Crippen molar-refractivity contribution in [2.24, 2.45) is 0 Å². The Bertz CT molecular complexity index is 237. The summed E-state index contributed by atoms with van der Waals surface area (Å²) in [5.74, 6) is 0. The van der Waals surface area contributed by atoms with Gasteiger partial charge < -0.3 is 0 Å². The zero-order valence-electron chi connectivity index (χ0n) is 5.44. The molecule has 0 N–H and O–H groups in total. The van der Waals surface area contributed by atoms with Gasteiger partial charge in [0.15, 0.2) is 0 Å². The fourth-order valence-corrected chi connectivity index (χ4v) is 1.13. The molecule has 0 nitrogen and oxygen atoms in total. The number of benzene rings is 1. The van der Waals surface area contributed by atoms with Gasteiger partial charge >= 0.3 is 75.3 Å². The number of rotatable bonds is 0. The standard InChI is InChI=1S/C7H4F3.Sn/c8-7(9,10)6-4-2-1-3-5-6;/h2-5H;/q;+3. The fourth-order valence-electron chi connectivity index (χ4n) is 0.659. The molecule has 0 radical (unpaired) electrons. The van der Waals surface area contributed by atoms with Crippen LogP contribution in [0.25, 0.3) is 0 Å². The summed E-state index contributed by atoms with van der Waals surface area (Å²) in [4.78, 5) is 0. The van der Waals surface area contributed by atoms with E-state index in [1.165, 1.54) is 12.1 Å². The molecule has 0 fully saturated rings. The molecule has 11 heavy (non-hydrogen) atoms. The SMILES string of the molecule is FC(F)(F)c1cc[c]([Sn+3])cc1. The van der Waals surface area contributed by atoms with Crippen molar-refractivity contribution < 1.29 is 13.2 Å². The van der Waals surface area contributed by atoms with Gasteiger partial charge in [0, 0.05) is 0 Å². The normalized spacial score (nSPS) is 11.7. The predicted molar refractivity (Wildman–Crippen MR) is 36.8 cm³/mol. The molecule has 0 amide bonds. The average molecular weight is 264 g/mol. The van der Waals surface area contributed by atoms with Crippen LogP contribution in [0.5, 0.6) is 0 Å². The summed E-state index contributed by atoms with van der Waals surface area (Å²) in [7, 11) is 0. The van der Waals surface area contributed by atoms with E-state index < -0.39 is 11.7 Å². The topological polar surface area (TPSA) is 0 Å². The number of hydrogen-bond donors (Lipinski definition) is 0. The Morgan fingerprint density at radius 1 is 1.00 bits per heavy atom. The summed E-state index contributed by atoms with van der Waals surface area (Å²) >= 11 is 1.13. The van der Waals surface area contributed by atoms with Gasteiger partial charge in [-0.1, -0.05) is 0 Å². The molecule has 0 aromatic heterocycles. The molecular formula is C7H4F3Sn+3. The third-order valence-corrected chi connectivity index (χ3v) is 2.16. The summed E-state index contributed by atoms with van der Waals surface area (Å²) in [5.41, 5.74) is -0.580. The van der Waals surface area contributed by atoms with E-state index in [9.17, 15) is 13.2 Å². The van der Waals surface area contributed by atoms with Gasteiger partial charge in [-0.2, -0.15) is 0 Å². The number of alkyl halides is 3. The minimum absolute atomic E-state index is 0.580. The summed E-state index contributed by atoms with van der Waals surface area (Å²) in [6, 6.07) is 5.18. The van der Waals surface area contributed by atoms with Crippen molar-refractivity contribution in [2.75, 3.05) is 0 Å². The van der Waals surface area contributed by atoms with E-state index in [0.29, 0.717) is 0 Å². The van der Waals surface area contributed by atoms with Crippen molar-refractivity contribution in [1.82, 2.24) is 0 Å². The van der Waals surface area contributed by atoms with Gasteiger partial charge in [0.2, 0.25) is 0 Å². The van der Waals surface area contributed by atoms with Crippen LogP contribution in [0, 0.1) is 0 Å². The van der Waals surface area contributed by atoms with Crippen LogP contribution in [0.3, 0.4) is 0 Å². The van der Waals surface area contributed by atoms with Crippen LogP contribution in [0.15, 0.2) is 24.3 Å². The Labute approximate surface area is 75.5 Å². The first-order chi connectivity index (χ1) is 5.00. The molecule has 0 saturated carbocycles. The van der Waals surface area contributed by atoms with Gasteiger partial charge in [0.1, 0.15) is 0 Å². The zero-order valence-corrected chi connectivity index (χ0v) is 8.30. The van der Waals surface area contributed by atoms with Crippen LogP contribution in [-0.2, 0) is 6.18 Å². The summed E-state index contributed by atoms with van der Waals surface area (Å²) in [6.45, 7) is 0. The molecule has 0 aliphatic rings. The van der Waals surface area contributed by atoms with Crippen LogP contribution in [-0.4, -0.2) is 22.5 Å². The first kappa shape index (κ1) is 8.90. The molecule has 0 atom stereocenters. The van der Waals surface area contributed by atoms with Crippen LogP contribution >= 0.6 is 0 Å². The second-order valence-corrected chi connectivity index (χ2v) is 3.72. The quantitative estimate of drug-likeness (QED) is 0.623. The number of halogens is 3. The average Bonchev–Trinajstić information content (AvgIpc) is 1.86. The molecule has 0 aliphatic carbocycles. The maximum absolute atomic E-state index is 11.9. The first-order valence-electron chi connectivity index (χ1n) is 2.89. The predicted octanol–water partition coefficient (Wildman–Crippen LogP) is 1.50. The summed E-state index contributed by atoms with van der Waals surface area (Å²) in [6.07, 6.45) is -4.20. The van der Waals surface area contributed by atoms with E-state index in [-0.39, 0.29) is 0 Å². The fraction of sp³-hybridized carbons (Fsp3) is 0.143. The van der Waals surface area contributed by atoms with E-state index in [2.05, 4.69) is 0 Å². The van der Waals surface area contributed by atoms with Gasteiger partial charge in [-0.15, -0.1) is 0 Å². The van der Waals surface area contributed by atoms with Crippen LogP contribution in [0.2, 0.25) is 0 Å². The van der Waals surface area contributed by atoms with Crippen molar-refractivity contribution in [3.8, 4) is 0 Å². The maximum atomic E-state index is 11.9. The second kappa shape index (κ2) is 3.05. The Kier molecular flexibility index (Phi) is 2.46. The molecule has 0 bridgehead atoms. The van der Waals surface area contributed by atoms with Crippen molar-refractivity contribution >= 4 is 26.1 Å². The Balaban J connectivity index is 2.99. The molecule has 0 saturated heterocycles. The molecule has 0 spiro atoms. The molecule has 1 aromatic carbocycles. The van der Waals surface area contributed by atoms with Gasteiger partial charge in [-0.25, -0.2) is 0 Å². The van der Waals surface area contributed by atoms with E-state index in [1.54, 1.807) is 0 Å². The van der Waals surface area contributed by atoms with Crippen LogP contribution in [0.4, 0.5) is 13.2 Å². The van der Waals surface area contributed by atoms with Gasteiger partial charge in [-0.05, 0) is 0 Å². The van der Waals surface area contributed by atoms with E-state index >= 15 is 0 Å². The monoisotopic (exact) mass is 265 g/mol. The Morgan fingerprint density at radius 3 is 1.82 bits per heavy atom. The zero-order chi connectivity index (χ0) is 8.48. The van der Waals surface area contributed by atoms with Crippen LogP contribution < -0.4 is 3.58 Å². The molecule has 4 heteroatoms. The minimum atomic E-state index is -4.20. The van der Waals surface area contributed by atoms with Crippen molar-refractivity contribution in [3.05, 3.63) is 29.8 Å². The third kappa shape index (κ3) is 2.39. The molecule has 0 unspecified atom stereocenters. The van der Waals surface area contributed by atoms with Crippen molar-refractivity contribution in [2.45, 2.75) is 6.18 Å². The molecule has 1 aromatic rings. The molecule has 1 rings (SSSR count). The second-order valence-electron chi connectivity index (χ2n) is 2.08. The van der Waals surface area contributed by atoms with Crippen LogP contribution in [0.1, 0.15) is 5.56 Å². The molecule has 54 valence electrons. The Morgan fingerprint density at radius 2 is 1.45 bits per heavy atom.